The second kappa shape index (κ2) is 9.05. The van der Waals surface area contributed by atoms with Crippen LogP contribution >= 0.6 is 0 Å². The van der Waals surface area contributed by atoms with E-state index in [1.165, 1.54) is 12.1 Å². The van der Waals surface area contributed by atoms with Gasteiger partial charge in [0.15, 0.2) is 5.82 Å². The Morgan fingerprint density at radius 2 is 2.00 bits per heavy atom. The van der Waals surface area contributed by atoms with Gasteiger partial charge in [0.25, 0.3) is 5.91 Å². The number of carboxylic acids is 1. The van der Waals surface area contributed by atoms with Gasteiger partial charge in [0.1, 0.15) is 5.82 Å². The highest BCUT2D eigenvalue weighted by atomic mass is 16.4. The first-order chi connectivity index (χ1) is 15.0. The lowest BCUT2D eigenvalue weighted by atomic mass is 10.1. The molecular formula is C22H24N6O3. The number of H-pyrrole nitrogens is 1. The summed E-state index contributed by atoms with van der Waals surface area (Å²) < 4.78 is 0. The number of rotatable bonds is 5. The van der Waals surface area contributed by atoms with Crippen LogP contribution in [0.3, 0.4) is 0 Å². The number of carbonyl (C=O) groups is 2. The number of carboxylic acid groups (broad SMARTS) is 1. The molecule has 31 heavy (non-hydrogen) atoms. The minimum atomic E-state index is -1.05. The molecule has 0 spiro atoms. The Morgan fingerprint density at radius 1 is 1.16 bits per heavy atom. The molecule has 9 nitrogen and oxygen atoms in total. The van der Waals surface area contributed by atoms with Gasteiger partial charge in [-0.1, -0.05) is 12.1 Å². The van der Waals surface area contributed by atoms with Gasteiger partial charge < -0.3 is 10.0 Å². The number of carbonyl (C=O) groups excluding carboxylic acids is 1. The first-order valence-electron chi connectivity index (χ1n) is 10.2. The highest BCUT2D eigenvalue weighted by molar-refractivity contribution is 5.97. The van der Waals surface area contributed by atoms with Crippen molar-refractivity contribution in [3.8, 4) is 0 Å². The van der Waals surface area contributed by atoms with Gasteiger partial charge in [-0.15, -0.1) is 0 Å². The number of aromatic carboxylic acids is 1. The molecule has 3 aromatic rings. The van der Waals surface area contributed by atoms with Crippen molar-refractivity contribution in [2.45, 2.75) is 25.9 Å². The Bertz CT molecular complexity index is 1070. The van der Waals surface area contributed by atoms with Crippen molar-refractivity contribution in [3.63, 3.8) is 0 Å². The summed E-state index contributed by atoms with van der Waals surface area (Å²) in [5, 5.41) is 16.5. The van der Waals surface area contributed by atoms with Crippen LogP contribution in [0.4, 0.5) is 0 Å². The third-order valence-electron chi connectivity index (χ3n) is 5.44. The SMILES string of the molecule is Cc1nc(C2CCN(C(=O)c3cccc(C(=O)O)c3)CCN2Cc2cccnc2)n[nH]1. The number of nitrogens with zero attached hydrogens (tertiary/aromatic N) is 5. The van der Waals surface area contributed by atoms with E-state index in [9.17, 15) is 14.7 Å². The lowest BCUT2D eigenvalue weighted by Crippen LogP contribution is -2.35. The van der Waals surface area contributed by atoms with Gasteiger partial charge in [0, 0.05) is 44.1 Å². The summed E-state index contributed by atoms with van der Waals surface area (Å²) in [5.41, 5.74) is 1.56. The van der Waals surface area contributed by atoms with Crippen LogP contribution in [0, 0.1) is 6.92 Å². The molecule has 9 heteroatoms. The molecule has 1 aliphatic heterocycles. The highest BCUT2D eigenvalue weighted by Crippen LogP contribution is 2.27. The molecule has 4 rings (SSSR count). The molecule has 1 atom stereocenters. The maximum Gasteiger partial charge on any atom is 0.335 e. The Labute approximate surface area is 179 Å². The predicted octanol–water partition coefficient (Wildman–Crippen LogP) is 2.30. The van der Waals surface area contributed by atoms with Crippen molar-refractivity contribution in [1.82, 2.24) is 30.0 Å². The molecule has 1 amide bonds. The smallest absolute Gasteiger partial charge is 0.335 e. The average Bonchev–Trinajstić information content (AvgIpc) is 3.10. The largest absolute Gasteiger partial charge is 0.478 e. The molecule has 2 aromatic heterocycles. The monoisotopic (exact) mass is 420 g/mol. The second-order valence-electron chi connectivity index (χ2n) is 7.59. The normalized spacial score (nSPS) is 17.3. The molecule has 1 aromatic carbocycles. The Balaban J connectivity index is 1.56. The number of amides is 1. The molecule has 3 heterocycles. The Hall–Kier alpha value is -3.59. The first-order valence-corrected chi connectivity index (χ1v) is 10.2. The van der Waals surface area contributed by atoms with Gasteiger partial charge in [0.2, 0.25) is 0 Å². The molecule has 0 bridgehead atoms. The minimum absolute atomic E-state index is 0.0479. The van der Waals surface area contributed by atoms with E-state index in [4.69, 9.17) is 0 Å². The first kappa shape index (κ1) is 20.7. The number of pyridine rings is 1. The molecule has 0 saturated carbocycles. The predicted molar refractivity (Wildman–Crippen MR) is 112 cm³/mol. The van der Waals surface area contributed by atoms with Crippen LogP contribution in [0.1, 0.15) is 50.4 Å². The lowest BCUT2D eigenvalue weighted by Gasteiger charge is -2.27. The van der Waals surface area contributed by atoms with Crippen molar-refractivity contribution < 1.29 is 14.7 Å². The molecule has 2 N–H and O–H groups in total. The zero-order chi connectivity index (χ0) is 21.8. The topological polar surface area (TPSA) is 115 Å². The van der Waals surface area contributed by atoms with E-state index in [2.05, 4.69) is 25.1 Å². The van der Waals surface area contributed by atoms with Crippen LogP contribution in [-0.4, -0.2) is 66.6 Å². The Morgan fingerprint density at radius 3 is 2.71 bits per heavy atom. The van der Waals surface area contributed by atoms with Crippen LogP contribution < -0.4 is 0 Å². The van der Waals surface area contributed by atoms with Gasteiger partial charge in [0.05, 0.1) is 11.6 Å². The fourth-order valence-corrected chi connectivity index (χ4v) is 3.87. The third kappa shape index (κ3) is 4.77. The van der Waals surface area contributed by atoms with Gasteiger partial charge in [-0.25, -0.2) is 9.78 Å². The average molecular weight is 420 g/mol. The minimum Gasteiger partial charge on any atom is -0.478 e. The summed E-state index contributed by atoms with van der Waals surface area (Å²) in [4.78, 5) is 37.2. The zero-order valence-corrected chi connectivity index (χ0v) is 17.2. The van der Waals surface area contributed by atoms with Crippen LogP contribution in [-0.2, 0) is 6.54 Å². The number of hydrogen-bond donors (Lipinski definition) is 2. The van der Waals surface area contributed by atoms with Crippen molar-refractivity contribution in [3.05, 3.63) is 77.1 Å². The maximum absolute atomic E-state index is 13.1. The number of aromatic amines is 1. The fraction of sp³-hybridized carbons (Fsp3) is 0.318. The summed E-state index contributed by atoms with van der Waals surface area (Å²) in [6.45, 7) is 4.22. The van der Waals surface area contributed by atoms with Crippen LogP contribution in [0.2, 0.25) is 0 Å². The number of hydrogen-bond acceptors (Lipinski definition) is 6. The van der Waals surface area contributed by atoms with E-state index in [1.807, 2.05) is 25.3 Å². The standard InChI is InChI=1S/C22H24N6O3/c1-15-24-20(26-25-15)19-7-9-27(10-11-28(19)14-16-4-3-8-23-13-16)21(29)17-5-2-6-18(12-17)22(30)31/h2-6,8,12-13,19H,7,9-11,14H2,1H3,(H,30,31)(H,24,25,26). The molecule has 1 aliphatic rings. The van der Waals surface area contributed by atoms with Crippen LogP contribution in [0.5, 0.6) is 0 Å². The van der Waals surface area contributed by atoms with Crippen LogP contribution in [0.15, 0.2) is 48.8 Å². The Kier molecular flexibility index (Phi) is 6.03. The van der Waals surface area contributed by atoms with Crippen molar-refractivity contribution in [2.24, 2.45) is 0 Å². The van der Waals surface area contributed by atoms with Crippen molar-refractivity contribution in [2.75, 3.05) is 19.6 Å². The zero-order valence-electron chi connectivity index (χ0n) is 17.2. The van der Waals surface area contributed by atoms with Gasteiger partial charge in [-0.05, 0) is 43.2 Å². The van der Waals surface area contributed by atoms with Gasteiger partial charge in [-0.2, -0.15) is 5.10 Å². The molecule has 0 aliphatic carbocycles. The summed E-state index contributed by atoms with van der Waals surface area (Å²) in [7, 11) is 0. The summed E-state index contributed by atoms with van der Waals surface area (Å²) >= 11 is 0. The van der Waals surface area contributed by atoms with Crippen molar-refractivity contribution >= 4 is 11.9 Å². The van der Waals surface area contributed by atoms with Crippen LogP contribution in [0.25, 0.3) is 0 Å². The molecule has 1 fully saturated rings. The molecule has 1 unspecified atom stereocenters. The molecule has 1 saturated heterocycles. The van der Waals surface area contributed by atoms with E-state index in [0.717, 1.165) is 11.4 Å². The second-order valence-corrected chi connectivity index (χ2v) is 7.59. The number of benzene rings is 1. The third-order valence-corrected chi connectivity index (χ3v) is 5.44. The molecule has 0 radical (unpaired) electrons. The maximum atomic E-state index is 13.1. The van der Waals surface area contributed by atoms with E-state index in [-0.39, 0.29) is 17.5 Å². The van der Waals surface area contributed by atoms with E-state index in [1.54, 1.807) is 23.2 Å². The van der Waals surface area contributed by atoms with E-state index in [0.29, 0.717) is 44.0 Å². The molecular weight excluding hydrogens is 396 g/mol. The number of nitrogens with one attached hydrogen (secondary N) is 1. The van der Waals surface area contributed by atoms with E-state index >= 15 is 0 Å². The van der Waals surface area contributed by atoms with Gasteiger partial charge in [-0.3, -0.25) is 19.8 Å². The summed E-state index contributed by atoms with van der Waals surface area (Å²) in [5.74, 6) is 0.243. The molecule has 160 valence electrons. The summed E-state index contributed by atoms with van der Waals surface area (Å²) in [6.07, 6.45) is 4.25. The number of aromatic nitrogens is 4. The quantitative estimate of drug-likeness (QED) is 0.651. The van der Waals surface area contributed by atoms with Crippen molar-refractivity contribution in [1.29, 1.82) is 0 Å². The summed E-state index contributed by atoms with van der Waals surface area (Å²) in [6, 6.07) is 10.1. The van der Waals surface area contributed by atoms with Gasteiger partial charge >= 0.3 is 5.97 Å². The lowest BCUT2D eigenvalue weighted by molar-refractivity contribution is 0.0697. The number of aryl methyl sites for hydroxylation is 1. The highest BCUT2D eigenvalue weighted by Gasteiger charge is 2.30. The van der Waals surface area contributed by atoms with E-state index < -0.39 is 5.97 Å². The fourth-order valence-electron chi connectivity index (χ4n) is 3.87.